The van der Waals surface area contributed by atoms with Crippen LogP contribution in [0.3, 0.4) is 0 Å². The summed E-state index contributed by atoms with van der Waals surface area (Å²) in [5.74, 6) is 0. The maximum atomic E-state index is 2.58. The first-order chi connectivity index (χ1) is 17.7. The Kier molecular flexibility index (Phi) is 30.3. The summed E-state index contributed by atoms with van der Waals surface area (Å²) in [6.45, 7) is 9.56. The molecule has 0 fully saturated rings. The molecule has 0 aromatic heterocycles. The summed E-state index contributed by atoms with van der Waals surface area (Å²) in [7, 11) is -1.03. The van der Waals surface area contributed by atoms with Gasteiger partial charge in [0.2, 0.25) is 0 Å². The molecule has 0 N–H and O–H groups in total. The fraction of sp³-hybridized carbons (Fsp3) is 1.00. The molecule has 0 rings (SSSR count). The summed E-state index contributed by atoms with van der Waals surface area (Å²) in [4.78, 5) is 0. The molecule has 0 nitrogen and oxygen atoms in total. The van der Waals surface area contributed by atoms with Crippen LogP contribution in [0.2, 0.25) is 0 Å². The zero-order valence-electron chi connectivity index (χ0n) is 26.4. The van der Waals surface area contributed by atoms with Crippen LogP contribution in [-0.2, 0) is 0 Å². The summed E-state index contributed by atoms with van der Waals surface area (Å²) in [5.41, 5.74) is 0. The van der Waals surface area contributed by atoms with E-state index in [2.05, 4.69) is 27.7 Å². The van der Waals surface area contributed by atoms with Crippen LogP contribution < -0.4 is 0 Å². The van der Waals surface area contributed by atoms with Crippen molar-refractivity contribution in [2.75, 3.05) is 24.6 Å². The molecule has 0 spiro atoms. The third kappa shape index (κ3) is 24.7. The minimum absolute atomic E-state index is 1.03. The molecule has 0 amide bonds. The van der Waals surface area contributed by atoms with Crippen LogP contribution in [0.25, 0.3) is 0 Å². The van der Waals surface area contributed by atoms with Crippen molar-refractivity contribution in [3.8, 4) is 0 Å². The molecule has 0 heterocycles. The van der Waals surface area contributed by atoms with Crippen LogP contribution in [0.4, 0.5) is 0 Å². The van der Waals surface area contributed by atoms with Crippen molar-refractivity contribution in [1.29, 1.82) is 0 Å². The van der Waals surface area contributed by atoms with Gasteiger partial charge in [-0.3, -0.25) is 0 Å². The quantitative estimate of drug-likeness (QED) is 0.0622. The number of unbranched alkanes of at least 4 members (excludes halogenated alkanes) is 24. The molecule has 1 heteroatoms. The van der Waals surface area contributed by atoms with Crippen molar-refractivity contribution in [3.05, 3.63) is 0 Å². The van der Waals surface area contributed by atoms with Crippen LogP contribution in [0.1, 0.15) is 201 Å². The summed E-state index contributed by atoms with van der Waals surface area (Å²) in [6.07, 6.45) is 46.7. The molecule has 0 aromatic rings. The zero-order valence-corrected chi connectivity index (χ0v) is 27.4. The molecule has 0 radical (unpaired) electrons. The van der Waals surface area contributed by atoms with Gasteiger partial charge in [-0.1, -0.05) is 0 Å². The first-order valence-corrected chi connectivity index (χ1v) is 20.6. The third-order valence-corrected chi connectivity index (χ3v) is 14.9. The second-order valence-electron chi connectivity index (χ2n) is 12.6. The van der Waals surface area contributed by atoms with Crippen molar-refractivity contribution >= 4 is 7.26 Å². The Morgan fingerprint density at radius 3 is 0.639 bits per heavy atom. The van der Waals surface area contributed by atoms with E-state index in [1.165, 1.54) is 154 Å². The van der Waals surface area contributed by atoms with Gasteiger partial charge in [0.15, 0.2) is 0 Å². The van der Waals surface area contributed by atoms with E-state index < -0.39 is 7.26 Å². The van der Waals surface area contributed by atoms with Gasteiger partial charge < -0.3 is 0 Å². The van der Waals surface area contributed by atoms with Crippen molar-refractivity contribution in [2.24, 2.45) is 0 Å². The molecule has 0 saturated carbocycles. The Balaban J connectivity index is 4.22. The van der Waals surface area contributed by atoms with E-state index in [1.807, 2.05) is 0 Å². The molecule has 36 heavy (non-hydrogen) atoms. The predicted molar refractivity (Wildman–Crippen MR) is 175 cm³/mol. The summed E-state index contributed by atoms with van der Waals surface area (Å²) < 4.78 is 0. The van der Waals surface area contributed by atoms with E-state index in [4.69, 9.17) is 0 Å². The Morgan fingerprint density at radius 2 is 0.444 bits per heavy atom. The van der Waals surface area contributed by atoms with Crippen molar-refractivity contribution < 1.29 is 0 Å². The standard InChI is InChI=1S/C35H75P/c1-5-9-12-15-18-21-24-27-30-33-36(8-4,34-31-28-25-22-19-16-13-10-6-2)35-32-29-26-23-20-17-14-11-7-3/h36H,5-35H2,1-4H3. The maximum absolute atomic E-state index is 2.58. The van der Waals surface area contributed by atoms with Crippen LogP contribution >= 0.6 is 7.26 Å². The molecule has 0 aromatic carbocycles. The van der Waals surface area contributed by atoms with E-state index in [-0.39, 0.29) is 0 Å². The molecule has 0 saturated heterocycles. The van der Waals surface area contributed by atoms with Gasteiger partial charge in [-0.15, -0.1) is 0 Å². The van der Waals surface area contributed by atoms with Crippen molar-refractivity contribution in [2.45, 2.75) is 201 Å². The van der Waals surface area contributed by atoms with E-state index in [1.54, 1.807) is 43.9 Å². The van der Waals surface area contributed by atoms with E-state index >= 15 is 0 Å². The fourth-order valence-corrected chi connectivity index (χ4v) is 11.1. The minimum atomic E-state index is -1.03. The number of hydrogen-bond donors (Lipinski definition) is 0. The number of rotatable bonds is 31. The van der Waals surface area contributed by atoms with Crippen molar-refractivity contribution in [1.82, 2.24) is 0 Å². The van der Waals surface area contributed by atoms with Gasteiger partial charge in [-0.05, 0) is 0 Å². The Morgan fingerprint density at radius 1 is 0.250 bits per heavy atom. The average Bonchev–Trinajstić information content (AvgIpc) is 2.89. The Labute approximate surface area is 232 Å². The average molecular weight is 527 g/mol. The second-order valence-corrected chi connectivity index (χ2v) is 17.8. The van der Waals surface area contributed by atoms with E-state index in [0.717, 1.165) is 0 Å². The van der Waals surface area contributed by atoms with Gasteiger partial charge >= 0.3 is 233 Å². The van der Waals surface area contributed by atoms with Crippen LogP contribution in [0.5, 0.6) is 0 Å². The van der Waals surface area contributed by atoms with Gasteiger partial charge in [0, 0.05) is 0 Å². The normalized spacial score (nSPS) is 12.4. The van der Waals surface area contributed by atoms with Gasteiger partial charge in [0.25, 0.3) is 0 Å². The van der Waals surface area contributed by atoms with Crippen molar-refractivity contribution in [3.63, 3.8) is 0 Å². The first kappa shape index (κ1) is 36.4. The van der Waals surface area contributed by atoms with E-state index in [9.17, 15) is 0 Å². The first-order valence-electron chi connectivity index (χ1n) is 17.7. The molecule has 0 aliphatic carbocycles. The predicted octanol–water partition coefficient (Wildman–Crippen LogP) is 13.3. The molecule has 0 unspecified atom stereocenters. The third-order valence-electron chi connectivity index (χ3n) is 9.18. The summed E-state index contributed by atoms with van der Waals surface area (Å²) in [5, 5.41) is 0. The molecule has 0 aliphatic heterocycles. The number of hydrogen-bond acceptors (Lipinski definition) is 0. The van der Waals surface area contributed by atoms with Crippen LogP contribution in [0, 0.1) is 0 Å². The van der Waals surface area contributed by atoms with Crippen LogP contribution in [0.15, 0.2) is 0 Å². The molecular formula is C35H75P. The topological polar surface area (TPSA) is 0 Å². The molecule has 0 aliphatic rings. The van der Waals surface area contributed by atoms with Gasteiger partial charge in [-0.2, -0.15) is 0 Å². The summed E-state index contributed by atoms with van der Waals surface area (Å²) in [6, 6.07) is 0. The molecule has 220 valence electrons. The molecular weight excluding hydrogens is 451 g/mol. The Hall–Kier alpha value is 0.430. The monoisotopic (exact) mass is 527 g/mol. The van der Waals surface area contributed by atoms with Gasteiger partial charge in [0.1, 0.15) is 0 Å². The van der Waals surface area contributed by atoms with E-state index in [0.29, 0.717) is 0 Å². The molecule has 0 bridgehead atoms. The van der Waals surface area contributed by atoms with Gasteiger partial charge in [-0.25, -0.2) is 0 Å². The zero-order chi connectivity index (χ0) is 26.4. The van der Waals surface area contributed by atoms with Crippen LogP contribution in [-0.4, -0.2) is 24.6 Å². The van der Waals surface area contributed by atoms with Gasteiger partial charge in [0.05, 0.1) is 0 Å². The molecule has 0 atom stereocenters. The second kappa shape index (κ2) is 30.0. The Bertz CT molecular complexity index is 335. The fourth-order valence-electron chi connectivity index (χ4n) is 6.34. The SMILES string of the molecule is CCCCCCCCCCC[PH](CC)(CCCCCCCCCCC)CCCCCCCCCCC. The summed E-state index contributed by atoms with van der Waals surface area (Å²) >= 11 is 0.